The number of halogens is 4. The molecule has 0 aliphatic carbocycles. The van der Waals surface area contributed by atoms with Crippen LogP contribution in [0.4, 0.5) is 17.6 Å². The Morgan fingerprint density at radius 3 is 2.22 bits per heavy atom. The van der Waals surface area contributed by atoms with Crippen LogP contribution in [0, 0.1) is 0 Å². The summed E-state index contributed by atoms with van der Waals surface area (Å²) in [6.45, 7) is 0. The first kappa shape index (κ1) is 19.4. The molecule has 0 unspecified atom stereocenters. The van der Waals surface area contributed by atoms with Crippen molar-refractivity contribution in [1.29, 1.82) is 0 Å². The zero-order valence-electron chi connectivity index (χ0n) is 13.9. The van der Waals surface area contributed by atoms with Crippen molar-refractivity contribution in [2.75, 3.05) is 5.75 Å². The summed E-state index contributed by atoms with van der Waals surface area (Å²) in [7, 11) is 0. The summed E-state index contributed by atoms with van der Waals surface area (Å²) in [5.41, 5.74) is 0.639. The average Bonchev–Trinajstić information content (AvgIpc) is 2.73. The Bertz CT molecular complexity index is 869. The van der Waals surface area contributed by atoms with Crippen molar-refractivity contribution in [3.63, 3.8) is 0 Å². The van der Waals surface area contributed by atoms with Gasteiger partial charge in [0, 0.05) is 24.0 Å². The number of hydrogen-bond acceptors (Lipinski definition) is 4. The topological polar surface area (TPSA) is 43.4 Å². The molecule has 1 aliphatic rings. The van der Waals surface area contributed by atoms with E-state index in [4.69, 9.17) is 0 Å². The summed E-state index contributed by atoms with van der Waals surface area (Å²) in [5, 5.41) is 0. The van der Waals surface area contributed by atoms with Crippen LogP contribution in [0.1, 0.15) is 33.6 Å². The molecule has 3 rings (SSSR count). The van der Waals surface area contributed by atoms with Crippen LogP contribution in [0.25, 0.3) is 0 Å². The fraction of sp³-hybridized carbons (Fsp3) is 0.263. The van der Waals surface area contributed by atoms with Crippen molar-refractivity contribution < 1.29 is 31.9 Å². The molecule has 0 amide bonds. The highest BCUT2D eigenvalue weighted by Crippen LogP contribution is 2.46. The standard InChI is InChI=1S/C19H14F4O3S/c20-18(21)11-27-17-10-13(6-9-16(17)26-19(18,22)23)15(25)8-7-14(24)12-4-2-1-3-5-12/h1-6,9-10H,7-8,11H2. The van der Waals surface area contributed by atoms with E-state index in [1.165, 1.54) is 12.1 Å². The number of hydrogen-bond donors (Lipinski definition) is 0. The smallest absolute Gasteiger partial charge is 0.427 e. The maximum absolute atomic E-state index is 13.5. The summed E-state index contributed by atoms with van der Waals surface area (Å²) >= 11 is 0.497. The number of thioether (sulfide) groups is 1. The van der Waals surface area contributed by atoms with Crippen molar-refractivity contribution in [1.82, 2.24) is 0 Å². The van der Waals surface area contributed by atoms with E-state index in [-0.39, 0.29) is 34.9 Å². The van der Waals surface area contributed by atoms with Crippen LogP contribution >= 0.6 is 11.8 Å². The molecule has 0 atom stereocenters. The number of benzene rings is 2. The van der Waals surface area contributed by atoms with E-state index in [0.717, 1.165) is 6.07 Å². The molecule has 0 saturated heterocycles. The first-order chi connectivity index (χ1) is 12.7. The maximum Gasteiger partial charge on any atom is 0.465 e. The number of ether oxygens (including phenoxy) is 1. The second kappa shape index (κ2) is 7.34. The maximum atomic E-state index is 13.5. The number of rotatable bonds is 5. The van der Waals surface area contributed by atoms with E-state index in [1.807, 2.05) is 0 Å². The Labute approximate surface area is 156 Å². The molecule has 8 heteroatoms. The Kier molecular flexibility index (Phi) is 5.28. The summed E-state index contributed by atoms with van der Waals surface area (Å²) < 4.78 is 58.0. The lowest BCUT2D eigenvalue weighted by atomic mass is 10.0. The molecule has 27 heavy (non-hydrogen) atoms. The van der Waals surface area contributed by atoms with E-state index in [0.29, 0.717) is 17.3 Å². The zero-order chi connectivity index (χ0) is 19.7. The molecular formula is C19H14F4O3S. The van der Waals surface area contributed by atoms with Gasteiger partial charge in [-0.3, -0.25) is 9.59 Å². The highest BCUT2D eigenvalue weighted by molar-refractivity contribution is 7.99. The van der Waals surface area contributed by atoms with Crippen LogP contribution in [-0.4, -0.2) is 29.4 Å². The van der Waals surface area contributed by atoms with E-state index in [1.54, 1.807) is 30.3 Å². The molecule has 2 aromatic carbocycles. The van der Waals surface area contributed by atoms with Gasteiger partial charge in [0.2, 0.25) is 0 Å². The Hall–Kier alpha value is -2.35. The molecule has 1 aliphatic heterocycles. The van der Waals surface area contributed by atoms with Gasteiger partial charge in [-0.25, -0.2) is 0 Å². The number of carbonyl (C=O) groups is 2. The van der Waals surface area contributed by atoms with Crippen LogP contribution < -0.4 is 4.74 Å². The van der Waals surface area contributed by atoms with Gasteiger partial charge in [-0.05, 0) is 18.2 Å². The van der Waals surface area contributed by atoms with Gasteiger partial charge >= 0.3 is 12.0 Å². The molecule has 0 radical (unpaired) electrons. The average molecular weight is 398 g/mol. The zero-order valence-corrected chi connectivity index (χ0v) is 14.7. The highest BCUT2D eigenvalue weighted by Gasteiger charge is 2.60. The normalized spacial score (nSPS) is 17.3. The summed E-state index contributed by atoms with van der Waals surface area (Å²) in [4.78, 5) is 24.4. The van der Waals surface area contributed by atoms with Gasteiger partial charge in [0.15, 0.2) is 11.6 Å². The molecule has 142 valence electrons. The monoisotopic (exact) mass is 398 g/mol. The second-order valence-corrected chi connectivity index (χ2v) is 7.00. The highest BCUT2D eigenvalue weighted by atomic mass is 32.2. The molecule has 2 aromatic rings. The van der Waals surface area contributed by atoms with Crippen LogP contribution in [0.15, 0.2) is 53.4 Å². The predicted molar refractivity (Wildman–Crippen MR) is 92.0 cm³/mol. The van der Waals surface area contributed by atoms with Gasteiger partial charge in [0.25, 0.3) is 0 Å². The third-order valence-electron chi connectivity index (χ3n) is 4.01. The van der Waals surface area contributed by atoms with Crippen molar-refractivity contribution in [3.8, 4) is 5.75 Å². The van der Waals surface area contributed by atoms with E-state index in [9.17, 15) is 27.2 Å². The Morgan fingerprint density at radius 2 is 1.56 bits per heavy atom. The lowest BCUT2D eigenvalue weighted by Crippen LogP contribution is -2.46. The first-order valence-electron chi connectivity index (χ1n) is 8.02. The van der Waals surface area contributed by atoms with E-state index in [2.05, 4.69) is 4.74 Å². The number of alkyl halides is 4. The van der Waals surface area contributed by atoms with Gasteiger partial charge in [-0.15, -0.1) is 11.8 Å². The number of Topliss-reactive ketones (excluding diaryl/α,β-unsaturated/α-hetero) is 2. The largest absolute Gasteiger partial charge is 0.465 e. The van der Waals surface area contributed by atoms with Gasteiger partial charge in [0.1, 0.15) is 5.75 Å². The lowest BCUT2D eigenvalue weighted by molar-refractivity contribution is -0.298. The van der Waals surface area contributed by atoms with Crippen molar-refractivity contribution in [2.45, 2.75) is 29.8 Å². The third kappa shape index (κ3) is 4.16. The summed E-state index contributed by atoms with van der Waals surface area (Å²) in [6.07, 6.45) is -4.72. The number of ketones is 2. The number of carbonyl (C=O) groups excluding carboxylic acids is 2. The summed E-state index contributed by atoms with van der Waals surface area (Å²) in [6, 6.07) is 12.0. The molecule has 0 bridgehead atoms. The molecule has 0 N–H and O–H groups in total. The minimum Gasteiger partial charge on any atom is -0.427 e. The molecule has 0 aromatic heterocycles. The summed E-state index contributed by atoms with van der Waals surface area (Å²) in [5.74, 6) is -6.49. The molecular weight excluding hydrogens is 384 g/mol. The quantitative estimate of drug-likeness (QED) is 0.510. The van der Waals surface area contributed by atoms with Crippen LogP contribution in [0.3, 0.4) is 0 Å². The third-order valence-corrected chi connectivity index (χ3v) is 5.15. The SMILES string of the molecule is O=C(CCC(=O)c1ccc2c(c1)SCC(F)(F)C(F)(F)O2)c1ccccc1. The van der Waals surface area contributed by atoms with Gasteiger partial charge in [0.05, 0.1) is 10.6 Å². The minimum atomic E-state index is -4.63. The van der Waals surface area contributed by atoms with E-state index >= 15 is 0 Å². The first-order valence-corrected chi connectivity index (χ1v) is 9.01. The molecule has 0 saturated carbocycles. The van der Waals surface area contributed by atoms with Crippen molar-refractivity contribution in [2.24, 2.45) is 0 Å². The molecule has 3 nitrogen and oxygen atoms in total. The molecule has 0 spiro atoms. The second-order valence-electron chi connectivity index (χ2n) is 5.99. The minimum absolute atomic E-state index is 0.0142. The number of fused-ring (bicyclic) bond motifs is 1. The van der Waals surface area contributed by atoms with E-state index < -0.39 is 23.5 Å². The molecule has 1 heterocycles. The van der Waals surface area contributed by atoms with Gasteiger partial charge in [-0.1, -0.05) is 30.3 Å². The fourth-order valence-electron chi connectivity index (χ4n) is 2.48. The van der Waals surface area contributed by atoms with Gasteiger partial charge in [-0.2, -0.15) is 17.6 Å². The molecule has 0 fully saturated rings. The Balaban J connectivity index is 1.71. The predicted octanol–water partition coefficient (Wildman–Crippen LogP) is 5.25. The van der Waals surface area contributed by atoms with Crippen LogP contribution in [0.2, 0.25) is 0 Å². The Morgan fingerprint density at radius 1 is 0.926 bits per heavy atom. The lowest BCUT2D eigenvalue weighted by Gasteiger charge is -2.23. The van der Waals surface area contributed by atoms with Crippen molar-refractivity contribution in [3.05, 3.63) is 59.7 Å². The van der Waals surface area contributed by atoms with Crippen molar-refractivity contribution >= 4 is 23.3 Å². The van der Waals surface area contributed by atoms with Crippen LogP contribution in [-0.2, 0) is 0 Å². The fourth-order valence-corrected chi connectivity index (χ4v) is 3.45. The van der Waals surface area contributed by atoms with Crippen LogP contribution in [0.5, 0.6) is 5.75 Å². The van der Waals surface area contributed by atoms with Gasteiger partial charge < -0.3 is 4.74 Å².